The molecular formula is C12H19NO4Si. The van der Waals surface area contributed by atoms with Crippen LogP contribution >= 0.6 is 0 Å². The zero-order valence-corrected chi connectivity index (χ0v) is 12.4. The Bertz CT molecular complexity index is 399. The maximum absolute atomic E-state index is 11.5. The van der Waals surface area contributed by atoms with Crippen molar-refractivity contribution in [3.8, 4) is 11.5 Å². The van der Waals surface area contributed by atoms with Gasteiger partial charge in [-0.1, -0.05) is 25.6 Å². The molecule has 0 spiro atoms. The molecule has 0 saturated carbocycles. The molecule has 1 N–H and O–H groups in total. The number of methoxy groups -OCH3 is 1. The van der Waals surface area contributed by atoms with E-state index >= 15 is 0 Å². The van der Waals surface area contributed by atoms with Gasteiger partial charge in [-0.2, -0.15) is 0 Å². The number of allylic oxidation sites excluding steroid dienone is 1. The number of esters is 1. The minimum atomic E-state index is -1.53. The number of alkyl carbamates (subject to hydrolysis) is 1. The van der Waals surface area contributed by atoms with E-state index < -0.39 is 20.1 Å². The van der Waals surface area contributed by atoms with E-state index in [-0.39, 0.29) is 12.3 Å². The summed E-state index contributed by atoms with van der Waals surface area (Å²) in [6.45, 7) is 8.13. The highest BCUT2D eigenvalue weighted by Gasteiger charge is 2.13. The fourth-order valence-corrected chi connectivity index (χ4v) is 1.35. The Morgan fingerprint density at radius 3 is 2.39 bits per heavy atom. The SMILES string of the molecule is CCOC(=O)/C(=C/C#C[Si](C)(C)C)NC(=O)OC. The van der Waals surface area contributed by atoms with Crippen molar-refractivity contribution in [2.45, 2.75) is 26.6 Å². The molecule has 0 aliphatic carbocycles. The van der Waals surface area contributed by atoms with Gasteiger partial charge in [0.1, 0.15) is 13.8 Å². The third-order valence-corrected chi connectivity index (χ3v) is 2.48. The van der Waals surface area contributed by atoms with Crippen molar-refractivity contribution >= 4 is 20.1 Å². The predicted octanol–water partition coefficient (Wildman–Crippen LogP) is 1.67. The fourth-order valence-electron chi connectivity index (χ4n) is 0.841. The monoisotopic (exact) mass is 269 g/mol. The Balaban J connectivity index is 4.95. The lowest BCUT2D eigenvalue weighted by molar-refractivity contribution is -0.138. The summed E-state index contributed by atoms with van der Waals surface area (Å²) in [5.41, 5.74) is 3.03. The highest BCUT2D eigenvalue weighted by atomic mass is 28.3. The molecule has 0 aromatic heterocycles. The van der Waals surface area contributed by atoms with Gasteiger partial charge in [0.15, 0.2) is 0 Å². The first kappa shape index (κ1) is 16.3. The number of hydrogen-bond donors (Lipinski definition) is 1. The van der Waals surface area contributed by atoms with Gasteiger partial charge in [-0.15, -0.1) is 5.54 Å². The molecule has 0 saturated heterocycles. The van der Waals surface area contributed by atoms with Crippen LogP contribution in [0.4, 0.5) is 4.79 Å². The third-order valence-electron chi connectivity index (χ3n) is 1.58. The van der Waals surface area contributed by atoms with E-state index in [1.165, 1.54) is 13.2 Å². The van der Waals surface area contributed by atoms with Gasteiger partial charge < -0.3 is 9.47 Å². The topological polar surface area (TPSA) is 64.6 Å². The summed E-state index contributed by atoms with van der Waals surface area (Å²) >= 11 is 0. The zero-order valence-electron chi connectivity index (χ0n) is 11.4. The molecule has 100 valence electrons. The van der Waals surface area contributed by atoms with E-state index in [4.69, 9.17) is 4.74 Å². The smallest absolute Gasteiger partial charge is 0.411 e. The van der Waals surface area contributed by atoms with E-state index in [2.05, 4.69) is 41.2 Å². The van der Waals surface area contributed by atoms with Crippen molar-refractivity contribution in [3.05, 3.63) is 11.8 Å². The molecule has 0 fully saturated rings. The molecule has 0 atom stereocenters. The molecule has 0 unspecified atom stereocenters. The Labute approximate surface area is 109 Å². The summed E-state index contributed by atoms with van der Waals surface area (Å²) < 4.78 is 9.22. The summed E-state index contributed by atoms with van der Waals surface area (Å²) in [7, 11) is -0.313. The first-order valence-corrected chi connectivity index (χ1v) is 9.05. The first-order valence-electron chi connectivity index (χ1n) is 5.55. The Morgan fingerprint density at radius 1 is 1.33 bits per heavy atom. The number of carbonyl (C=O) groups excluding carboxylic acids is 2. The third kappa shape index (κ3) is 7.52. The number of amides is 1. The second-order valence-electron chi connectivity index (χ2n) is 4.41. The maximum Gasteiger partial charge on any atom is 0.411 e. The quantitative estimate of drug-likeness (QED) is 0.366. The maximum atomic E-state index is 11.5. The molecule has 5 nitrogen and oxygen atoms in total. The van der Waals surface area contributed by atoms with Crippen LogP contribution in [0, 0.1) is 11.5 Å². The van der Waals surface area contributed by atoms with E-state index in [1.807, 2.05) is 0 Å². The van der Waals surface area contributed by atoms with Gasteiger partial charge in [0.2, 0.25) is 0 Å². The van der Waals surface area contributed by atoms with Gasteiger partial charge in [-0.05, 0) is 6.92 Å². The van der Waals surface area contributed by atoms with Crippen LogP contribution in [0.15, 0.2) is 11.8 Å². The fraction of sp³-hybridized carbons (Fsp3) is 0.500. The number of hydrogen-bond acceptors (Lipinski definition) is 4. The van der Waals surface area contributed by atoms with Gasteiger partial charge in [-0.25, -0.2) is 9.59 Å². The van der Waals surface area contributed by atoms with E-state index in [0.29, 0.717) is 0 Å². The summed E-state index contributed by atoms with van der Waals surface area (Å²) in [5.74, 6) is 2.14. The number of carbonyl (C=O) groups is 2. The minimum Gasteiger partial charge on any atom is -0.461 e. The molecular weight excluding hydrogens is 250 g/mol. The van der Waals surface area contributed by atoms with Crippen LogP contribution in [0.1, 0.15) is 6.92 Å². The molecule has 0 aliphatic rings. The average molecular weight is 269 g/mol. The molecule has 1 amide bonds. The lowest BCUT2D eigenvalue weighted by Crippen LogP contribution is -2.28. The molecule has 0 rings (SSSR count). The van der Waals surface area contributed by atoms with Gasteiger partial charge in [0, 0.05) is 6.08 Å². The average Bonchev–Trinajstić information content (AvgIpc) is 2.26. The Kier molecular flexibility index (Phi) is 6.83. The molecule has 0 aromatic carbocycles. The van der Waals surface area contributed by atoms with E-state index in [1.54, 1.807) is 6.92 Å². The summed E-state index contributed by atoms with van der Waals surface area (Å²) in [5, 5.41) is 2.28. The van der Waals surface area contributed by atoms with Crippen LogP contribution in [-0.4, -0.2) is 33.9 Å². The largest absolute Gasteiger partial charge is 0.461 e. The van der Waals surface area contributed by atoms with Crippen molar-refractivity contribution in [1.29, 1.82) is 0 Å². The lowest BCUT2D eigenvalue weighted by atomic mass is 10.4. The number of nitrogens with one attached hydrogen (secondary N) is 1. The van der Waals surface area contributed by atoms with E-state index in [0.717, 1.165) is 0 Å². The van der Waals surface area contributed by atoms with Crippen LogP contribution in [0.3, 0.4) is 0 Å². The molecule has 0 radical (unpaired) electrons. The van der Waals surface area contributed by atoms with Crippen LogP contribution in [0.25, 0.3) is 0 Å². The van der Waals surface area contributed by atoms with Crippen LogP contribution in [0.5, 0.6) is 0 Å². The second-order valence-corrected chi connectivity index (χ2v) is 9.16. The summed E-state index contributed by atoms with van der Waals surface area (Å²) in [4.78, 5) is 22.6. The van der Waals surface area contributed by atoms with Gasteiger partial charge >= 0.3 is 12.1 Å². The van der Waals surface area contributed by atoms with Crippen LogP contribution < -0.4 is 5.32 Å². The predicted molar refractivity (Wildman–Crippen MR) is 71.4 cm³/mol. The van der Waals surface area contributed by atoms with Gasteiger partial charge in [-0.3, -0.25) is 5.32 Å². The number of rotatable bonds is 3. The van der Waals surface area contributed by atoms with Crippen molar-refractivity contribution in [2.75, 3.05) is 13.7 Å². The molecule has 0 bridgehead atoms. The Morgan fingerprint density at radius 2 is 1.94 bits per heavy atom. The summed E-state index contributed by atoms with van der Waals surface area (Å²) in [6.07, 6.45) is 0.608. The van der Waals surface area contributed by atoms with Gasteiger partial charge in [0.05, 0.1) is 13.7 Å². The summed E-state index contributed by atoms with van der Waals surface area (Å²) in [6, 6.07) is 0. The van der Waals surface area contributed by atoms with E-state index in [9.17, 15) is 9.59 Å². The Hall–Kier alpha value is -1.74. The van der Waals surface area contributed by atoms with Crippen molar-refractivity contribution in [1.82, 2.24) is 5.32 Å². The van der Waals surface area contributed by atoms with Crippen LogP contribution in [0.2, 0.25) is 19.6 Å². The molecule has 0 heterocycles. The zero-order chi connectivity index (χ0) is 14.2. The lowest BCUT2D eigenvalue weighted by Gasteiger charge is -2.07. The van der Waals surface area contributed by atoms with Crippen molar-refractivity contribution in [3.63, 3.8) is 0 Å². The molecule has 0 aromatic rings. The minimum absolute atomic E-state index is 0.0190. The first-order chi connectivity index (χ1) is 8.30. The van der Waals surface area contributed by atoms with Crippen molar-refractivity contribution in [2.24, 2.45) is 0 Å². The molecule has 18 heavy (non-hydrogen) atoms. The number of ether oxygens (including phenoxy) is 2. The van der Waals surface area contributed by atoms with Gasteiger partial charge in [0.25, 0.3) is 0 Å². The van der Waals surface area contributed by atoms with Crippen LogP contribution in [-0.2, 0) is 14.3 Å². The molecule has 0 aliphatic heterocycles. The highest BCUT2D eigenvalue weighted by molar-refractivity contribution is 6.83. The highest BCUT2D eigenvalue weighted by Crippen LogP contribution is 1.98. The molecule has 6 heteroatoms. The standard InChI is InChI=1S/C12H19NO4Si/c1-6-17-11(14)10(13-12(15)16-2)8-7-9-18(3,4)5/h8H,6H2,1-5H3,(H,13,15)/b10-8-. The van der Waals surface area contributed by atoms with Crippen molar-refractivity contribution < 1.29 is 19.1 Å². The second kappa shape index (κ2) is 7.56. The normalized spacial score (nSPS) is 11.1.